The first-order chi connectivity index (χ1) is 21.1. The fraction of sp³-hybridized carbons (Fsp3) is 0.412. The summed E-state index contributed by atoms with van der Waals surface area (Å²) in [6, 6.07) is 21.9. The number of esters is 2. The Kier molecular flexibility index (Phi) is 13.5. The highest BCUT2D eigenvalue weighted by Gasteiger charge is 2.28. The second kappa shape index (κ2) is 17.2. The number of hydrogen-bond acceptors (Lipinski definition) is 10. The average Bonchev–Trinajstić information content (AvgIpc) is 3.30. The molecular weight excluding hydrogens is 564 g/mol. The zero-order valence-corrected chi connectivity index (χ0v) is 26.0. The zero-order chi connectivity index (χ0) is 32.0. The summed E-state index contributed by atoms with van der Waals surface area (Å²) in [6.45, 7) is 9.25. The Balaban J connectivity index is 0.000000255. The van der Waals surface area contributed by atoms with Gasteiger partial charge in [0.05, 0.1) is 6.61 Å². The number of rotatable bonds is 14. The molecule has 0 aliphatic heterocycles. The molecule has 3 aromatic rings. The van der Waals surface area contributed by atoms with Crippen molar-refractivity contribution in [2.45, 2.75) is 39.2 Å². The van der Waals surface area contributed by atoms with Crippen LogP contribution >= 0.6 is 0 Å². The Morgan fingerprint density at radius 2 is 1.20 bits per heavy atom. The number of benzene rings is 3. The van der Waals surface area contributed by atoms with Crippen LogP contribution in [0.2, 0.25) is 0 Å². The molecule has 4 N–H and O–H groups in total. The Morgan fingerprint density at radius 1 is 0.727 bits per heavy atom. The maximum Gasteiger partial charge on any atom is 0.332 e. The molecule has 0 spiro atoms. The second-order valence-corrected chi connectivity index (χ2v) is 10.9. The van der Waals surface area contributed by atoms with E-state index in [-0.39, 0.29) is 31.7 Å². The van der Waals surface area contributed by atoms with Crippen molar-refractivity contribution in [3.63, 3.8) is 0 Å². The molecule has 10 nitrogen and oxygen atoms in total. The summed E-state index contributed by atoms with van der Waals surface area (Å²) < 4.78 is 32.3. The molecule has 44 heavy (non-hydrogen) atoms. The highest BCUT2D eigenvalue weighted by atomic mass is 16.6. The van der Waals surface area contributed by atoms with Crippen molar-refractivity contribution >= 4 is 11.9 Å². The summed E-state index contributed by atoms with van der Waals surface area (Å²) in [7, 11) is 0. The van der Waals surface area contributed by atoms with Gasteiger partial charge in [-0.3, -0.25) is 4.79 Å². The molecule has 0 heterocycles. The normalized spacial score (nSPS) is 11.9. The first kappa shape index (κ1) is 34.4. The van der Waals surface area contributed by atoms with Crippen molar-refractivity contribution in [1.82, 2.24) is 0 Å². The molecule has 0 fully saturated rings. The minimum atomic E-state index is -0.527. The molecule has 1 aliphatic carbocycles. The average molecular weight is 609 g/mol. The monoisotopic (exact) mass is 608 g/mol. The van der Waals surface area contributed by atoms with Gasteiger partial charge in [-0.15, -0.1) is 0 Å². The van der Waals surface area contributed by atoms with E-state index in [9.17, 15) is 9.59 Å². The third-order valence-corrected chi connectivity index (χ3v) is 6.18. The van der Waals surface area contributed by atoms with Crippen molar-refractivity contribution in [2.24, 2.45) is 11.5 Å². The van der Waals surface area contributed by atoms with E-state index in [0.29, 0.717) is 50.2 Å². The Hall–Kier alpha value is -4.12. The molecule has 238 valence electrons. The molecule has 0 unspecified atom stereocenters. The number of carbonyl (C=O) groups excluding carboxylic acids is 2. The van der Waals surface area contributed by atoms with Crippen LogP contribution in [0.3, 0.4) is 0 Å². The van der Waals surface area contributed by atoms with E-state index in [2.05, 4.69) is 24.3 Å². The lowest BCUT2D eigenvalue weighted by Crippen LogP contribution is -2.27. The summed E-state index contributed by atoms with van der Waals surface area (Å²) in [6.07, 6.45) is 0. The lowest BCUT2D eigenvalue weighted by atomic mass is 9.98. The maximum absolute atomic E-state index is 11.5. The van der Waals surface area contributed by atoms with Crippen LogP contribution in [0.5, 0.6) is 17.2 Å². The van der Waals surface area contributed by atoms with Crippen LogP contribution in [-0.4, -0.2) is 70.3 Å². The molecule has 3 aromatic carbocycles. The summed E-state index contributed by atoms with van der Waals surface area (Å²) in [5, 5.41) is 0. The predicted molar refractivity (Wildman–Crippen MR) is 168 cm³/mol. The van der Waals surface area contributed by atoms with Crippen molar-refractivity contribution in [1.29, 1.82) is 0 Å². The Labute approximate surface area is 259 Å². The van der Waals surface area contributed by atoms with Gasteiger partial charge in [0.1, 0.15) is 55.9 Å². The van der Waals surface area contributed by atoms with Gasteiger partial charge < -0.3 is 39.9 Å². The first-order valence-corrected chi connectivity index (χ1v) is 14.7. The van der Waals surface area contributed by atoms with Crippen LogP contribution in [-0.2, 0) is 23.8 Å². The molecule has 0 radical (unpaired) electrons. The van der Waals surface area contributed by atoms with Gasteiger partial charge in [0, 0.05) is 44.1 Å². The second-order valence-electron chi connectivity index (χ2n) is 10.9. The summed E-state index contributed by atoms with van der Waals surface area (Å²) in [5.74, 6) is 1.28. The van der Waals surface area contributed by atoms with E-state index in [0.717, 1.165) is 0 Å². The quantitative estimate of drug-likeness (QED) is 0.199. The summed E-state index contributed by atoms with van der Waals surface area (Å²) in [5.41, 5.74) is 15.4. The van der Waals surface area contributed by atoms with Crippen molar-refractivity contribution in [3.05, 3.63) is 77.9 Å². The van der Waals surface area contributed by atoms with Gasteiger partial charge in [-0.25, -0.2) is 4.79 Å². The third kappa shape index (κ3) is 11.2. The van der Waals surface area contributed by atoms with Gasteiger partial charge in [0.2, 0.25) is 0 Å². The highest BCUT2D eigenvalue weighted by molar-refractivity contribution is 5.79. The molecule has 0 aromatic heterocycles. The largest absolute Gasteiger partial charge is 0.492 e. The number of hydrogen-bond donors (Lipinski definition) is 2. The van der Waals surface area contributed by atoms with Crippen LogP contribution in [0.1, 0.15) is 44.7 Å². The molecule has 0 bridgehead atoms. The molecule has 0 saturated heterocycles. The van der Waals surface area contributed by atoms with Gasteiger partial charge in [0.15, 0.2) is 0 Å². The Morgan fingerprint density at radius 3 is 1.66 bits per heavy atom. The zero-order valence-electron chi connectivity index (χ0n) is 26.0. The van der Waals surface area contributed by atoms with Crippen LogP contribution < -0.4 is 25.7 Å². The molecular formula is C34H44N2O8. The van der Waals surface area contributed by atoms with E-state index >= 15 is 0 Å². The van der Waals surface area contributed by atoms with E-state index in [1.807, 2.05) is 24.3 Å². The molecule has 0 saturated carbocycles. The number of carbonyl (C=O) groups is 2. The van der Waals surface area contributed by atoms with Crippen LogP contribution in [0.25, 0.3) is 11.1 Å². The lowest BCUT2D eigenvalue weighted by Gasteiger charge is -2.19. The molecule has 1 aliphatic rings. The minimum Gasteiger partial charge on any atom is -0.492 e. The molecule has 0 amide bonds. The maximum atomic E-state index is 11.5. The molecule has 0 atom stereocenters. The number of nitrogens with two attached hydrogens (primary N) is 2. The van der Waals surface area contributed by atoms with E-state index in [1.54, 1.807) is 39.0 Å². The highest BCUT2D eigenvalue weighted by Crippen LogP contribution is 2.44. The number of fused-ring (bicyclic) bond motifs is 3. The van der Waals surface area contributed by atoms with Gasteiger partial charge in [0.25, 0.3) is 0 Å². The van der Waals surface area contributed by atoms with Crippen molar-refractivity contribution in [2.75, 3.05) is 52.7 Å². The van der Waals surface area contributed by atoms with Gasteiger partial charge in [-0.1, -0.05) is 48.5 Å². The predicted octanol–water partition coefficient (Wildman–Crippen LogP) is 4.46. The van der Waals surface area contributed by atoms with Gasteiger partial charge in [-0.05, 0) is 43.0 Å². The van der Waals surface area contributed by atoms with Crippen molar-refractivity contribution in [3.8, 4) is 28.4 Å². The topological polar surface area (TPSA) is 142 Å². The number of ether oxygens (including phenoxy) is 6. The SMILES string of the molecule is CC(=O)OCC1c2ccccc2-c2ccccc21.CC(C)(C)OC(=O)COCCOc1cc(OCCN)cc(OCCN)c1. The smallest absolute Gasteiger partial charge is 0.332 e. The van der Waals surface area contributed by atoms with Crippen LogP contribution in [0.15, 0.2) is 66.7 Å². The third-order valence-electron chi connectivity index (χ3n) is 6.18. The lowest BCUT2D eigenvalue weighted by molar-refractivity contribution is -0.160. The van der Waals surface area contributed by atoms with E-state index in [1.165, 1.54) is 29.2 Å². The molecule has 4 rings (SSSR count). The van der Waals surface area contributed by atoms with E-state index < -0.39 is 11.6 Å². The van der Waals surface area contributed by atoms with Gasteiger partial charge in [-0.2, -0.15) is 0 Å². The first-order valence-electron chi connectivity index (χ1n) is 14.7. The van der Waals surface area contributed by atoms with Crippen LogP contribution in [0.4, 0.5) is 0 Å². The van der Waals surface area contributed by atoms with E-state index in [4.69, 9.17) is 39.9 Å². The van der Waals surface area contributed by atoms with Crippen LogP contribution in [0, 0.1) is 0 Å². The van der Waals surface area contributed by atoms with Crippen molar-refractivity contribution < 1.29 is 38.0 Å². The summed E-state index contributed by atoms with van der Waals surface area (Å²) >= 11 is 0. The minimum absolute atomic E-state index is 0.120. The standard InChI is InChI=1S/C18H30N2O6.C16H14O2/c1-18(2,3)26-17(21)13-22-8-9-25-16-11-14(23-6-4-19)10-15(12-16)24-7-5-20;1-11(17)18-10-16-14-8-4-2-6-12(14)13-7-3-5-9-15(13)16/h10-12H,4-9,13,19-20H2,1-3H3;2-9,16H,10H2,1H3. The summed E-state index contributed by atoms with van der Waals surface area (Å²) in [4.78, 5) is 22.5. The molecule has 10 heteroatoms. The fourth-order valence-corrected chi connectivity index (χ4v) is 4.53. The fourth-order valence-electron chi connectivity index (χ4n) is 4.53. The Bertz CT molecular complexity index is 1280. The van der Waals surface area contributed by atoms with Gasteiger partial charge >= 0.3 is 11.9 Å².